The van der Waals surface area contributed by atoms with Gasteiger partial charge in [0, 0.05) is 30.0 Å². The molecular formula is C19H18ClN5O2. The van der Waals surface area contributed by atoms with Crippen molar-refractivity contribution < 1.29 is 9.53 Å². The largest absolute Gasteiger partial charge is 0.495 e. The van der Waals surface area contributed by atoms with E-state index in [2.05, 4.69) is 25.6 Å². The number of hydrogen-bond acceptors (Lipinski definition) is 6. The summed E-state index contributed by atoms with van der Waals surface area (Å²) in [5.74, 6) is 1.17. The fraction of sp³-hybridized carbons (Fsp3) is 0.158. The van der Waals surface area contributed by atoms with Crippen LogP contribution in [-0.4, -0.2) is 28.0 Å². The zero-order valence-corrected chi connectivity index (χ0v) is 15.6. The van der Waals surface area contributed by atoms with E-state index in [9.17, 15) is 4.79 Å². The third-order valence-corrected chi connectivity index (χ3v) is 3.94. The maximum atomic E-state index is 12.6. The third-order valence-electron chi connectivity index (χ3n) is 3.70. The van der Waals surface area contributed by atoms with Crippen molar-refractivity contribution in [3.63, 3.8) is 0 Å². The molecule has 2 heterocycles. The number of anilines is 2. The van der Waals surface area contributed by atoms with Crippen molar-refractivity contribution in [3.8, 4) is 5.75 Å². The number of aryl methyl sites for hydroxylation is 1. The predicted octanol–water partition coefficient (Wildman–Crippen LogP) is 3.71. The lowest BCUT2D eigenvalue weighted by Gasteiger charge is -2.12. The molecule has 3 rings (SSSR count). The molecule has 0 spiro atoms. The number of rotatable bonds is 6. The van der Waals surface area contributed by atoms with Crippen molar-refractivity contribution in [2.45, 2.75) is 13.5 Å². The van der Waals surface area contributed by atoms with Gasteiger partial charge in [0.2, 0.25) is 0 Å². The van der Waals surface area contributed by atoms with Gasteiger partial charge in [0.15, 0.2) is 0 Å². The zero-order valence-electron chi connectivity index (χ0n) is 14.9. The molecule has 0 saturated carbocycles. The lowest BCUT2D eigenvalue weighted by molar-refractivity contribution is 0.102. The number of nitrogens with zero attached hydrogens (tertiary/aromatic N) is 3. The Labute approximate surface area is 161 Å². The summed E-state index contributed by atoms with van der Waals surface area (Å²) in [7, 11) is 1.52. The number of carbonyl (C=O) groups excluding carboxylic acids is 1. The second-order valence-corrected chi connectivity index (χ2v) is 6.13. The van der Waals surface area contributed by atoms with Crippen molar-refractivity contribution in [2.24, 2.45) is 0 Å². The number of carbonyl (C=O) groups is 1. The topological polar surface area (TPSA) is 89.0 Å². The van der Waals surface area contributed by atoms with Gasteiger partial charge in [-0.05, 0) is 42.8 Å². The van der Waals surface area contributed by atoms with Gasteiger partial charge in [-0.1, -0.05) is 11.6 Å². The van der Waals surface area contributed by atoms with Gasteiger partial charge in [-0.2, -0.15) is 0 Å². The number of pyridine rings is 1. The second-order valence-electron chi connectivity index (χ2n) is 5.69. The molecule has 138 valence electrons. The van der Waals surface area contributed by atoms with Crippen LogP contribution in [0, 0.1) is 6.92 Å². The Kier molecular flexibility index (Phi) is 5.83. The first-order valence-corrected chi connectivity index (χ1v) is 8.56. The molecule has 1 aromatic carbocycles. The molecule has 0 unspecified atom stereocenters. The first-order valence-electron chi connectivity index (χ1n) is 8.18. The normalized spacial score (nSPS) is 10.3. The molecule has 0 aliphatic carbocycles. The molecule has 7 nitrogen and oxygen atoms in total. The minimum atomic E-state index is -0.381. The summed E-state index contributed by atoms with van der Waals surface area (Å²) in [5, 5.41) is 6.45. The molecule has 0 bridgehead atoms. The molecule has 0 aliphatic heterocycles. The predicted molar refractivity (Wildman–Crippen MR) is 104 cm³/mol. The first kappa shape index (κ1) is 18.6. The number of hydrogen-bond donors (Lipinski definition) is 2. The van der Waals surface area contributed by atoms with Crippen LogP contribution in [0.3, 0.4) is 0 Å². The molecule has 3 aromatic rings. The average Bonchev–Trinajstić information content (AvgIpc) is 2.67. The summed E-state index contributed by atoms with van der Waals surface area (Å²) in [6.07, 6.45) is 3.44. The fourth-order valence-corrected chi connectivity index (χ4v) is 2.60. The van der Waals surface area contributed by atoms with Crippen LogP contribution in [0.1, 0.15) is 21.9 Å². The molecule has 0 radical (unpaired) electrons. The lowest BCUT2D eigenvalue weighted by atomic mass is 10.2. The highest BCUT2D eigenvalue weighted by Gasteiger charge is 2.14. The van der Waals surface area contributed by atoms with Crippen molar-refractivity contribution in [3.05, 3.63) is 70.9 Å². The zero-order chi connectivity index (χ0) is 19.2. The van der Waals surface area contributed by atoms with E-state index in [1.54, 1.807) is 43.6 Å². The van der Waals surface area contributed by atoms with Gasteiger partial charge < -0.3 is 15.4 Å². The Morgan fingerprint density at radius 1 is 1.15 bits per heavy atom. The van der Waals surface area contributed by atoms with E-state index in [0.717, 1.165) is 5.56 Å². The van der Waals surface area contributed by atoms with Crippen LogP contribution in [0.5, 0.6) is 5.75 Å². The highest BCUT2D eigenvalue weighted by Crippen LogP contribution is 2.28. The minimum Gasteiger partial charge on any atom is -0.495 e. The smallest absolute Gasteiger partial charge is 0.274 e. The molecule has 0 saturated heterocycles. The van der Waals surface area contributed by atoms with E-state index in [-0.39, 0.29) is 11.6 Å². The van der Waals surface area contributed by atoms with E-state index in [1.165, 1.54) is 7.11 Å². The van der Waals surface area contributed by atoms with Crippen LogP contribution in [0.4, 0.5) is 11.5 Å². The van der Waals surface area contributed by atoms with Gasteiger partial charge in [-0.15, -0.1) is 0 Å². The monoisotopic (exact) mass is 383 g/mol. The first-order chi connectivity index (χ1) is 13.0. The van der Waals surface area contributed by atoms with Gasteiger partial charge in [0.25, 0.3) is 5.91 Å². The van der Waals surface area contributed by atoms with Gasteiger partial charge in [0.05, 0.1) is 12.8 Å². The number of nitrogens with one attached hydrogen (secondary N) is 2. The Hall–Kier alpha value is -3.19. The van der Waals surface area contributed by atoms with Gasteiger partial charge in [-0.25, -0.2) is 9.97 Å². The number of methoxy groups -OCH3 is 1. The molecule has 2 aromatic heterocycles. The Morgan fingerprint density at radius 2 is 1.93 bits per heavy atom. The third kappa shape index (κ3) is 4.92. The maximum Gasteiger partial charge on any atom is 0.274 e. The van der Waals surface area contributed by atoms with E-state index in [4.69, 9.17) is 16.3 Å². The van der Waals surface area contributed by atoms with Crippen LogP contribution in [0.25, 0.3) is 0 Å². The number of aromatic nitrogens is 3. The SMILES string of the molecule is COc1ccc(Cl)cc1NC(=O)c1cc(NCc2ccncc2)nc(C)n1. The standard InChI is InChI=1S/C19H18ClN5O2/c1-12-23-16(10-18(24-12)22-11-13-5-7-21-8-6-13)19(26)25-15-9-14(20)3-4-17(15)27-2/h3-10H,11H2,1-2H3,(H,25,26)(H,22,23,24). The van der Waals surface area contributed by atoms with E-state index in [0.29, 0.717) is 34.6 Å². The van der Waals surface area contributed by atoms with Gasteiger partial charge >= 0.3 is 0 Å². The summed E-state index contributed by atoms with van der Waals surface area (Å²) in [5.41, 5.74) is 1.76. The van der Waals surface area contributed by atoms with Crippen LogP contribution < -0.4 is 15.4 Å². The van der Waals surface area contributed by atoms with E-state index < -0.39 is 0 Å². The van der Waals surface area contributed by atoms with Crippen LogP contribution >= 0.6 is 11.6 Å². The van der Waals surface area contributed by atoms with Crippen molar-refractivity contribution in [2.75, 3.05) is 17.7 Å². The van der Waals surface area contributed by atoms with E-state index >= 15 is 0 Å². The summed E-state index contributed by atoms with van der Waals surface area (Å²) < 4.78 is 5.25. The number of halogens is 1. The number of amides is 1. The van der Waals surface area contributed by atoms with Gasteiger partial charge in [0.1, 0.15) is 23.1 Å². The molecule has 0 fully saturated rings. The molecule has 2 N–H and O–H groups in total. The summed E-state index contributed by atoms with van der Waals surface area (Å²) in [4.78, 5) is 25.2. The molecule has 0 atom stereocenters. The minimum absolute atomic E-state index is 0.238. The average molecular weight is 384 g/mol. The second kappa shape index (κ2) is 8.46. The Morgan fingerprint density at radius 3 is 2.67 bits per heavy atom. The summed E-state index contributed by atoms with van der Waals surface area (Å²) in [6, 6.07) is 10.4. The Balaban J connectivity index is 1.77. The maximum absolute atomic E-state index is 12.6. The fourth-order valence-electron chi connectivity index (χ4n) is 2.43. The molecular weight excluding hydrogens is 366 g/mol. The van der Waals surface area contributed by atoms with Gasteiger partial charge in [-0.3, -0.25) is 9.78 Å². The van der Waals surface area contributed by atoms with Crippen molar-refractivity contribution in [1.29, 1.82) is 0 Å². The van der Waals surface area contributed by atoms with Crippen LogP contribution in [0.2, 0.25) is 5.02 Å². The molecule has 8 heteroatoms. The molecule has 0 aliphatic rings. The molecule has 27 heavy (non-hydrogen) atoms. The number of benzene rings is 1. The summed E-state index contributed by atoms with van der Waals surface area (Å²) in [6.45, 7) is 2.29. The number of ether oxygens (including phenoxy) is 1. The summed E-state index contributed by atoms with van der Waals surface area (Å²) >= 11 is 6.01. The van der Waals surface area contributed by atoms with E-state index in [1.807, 2.05) is 12.1 Å². The molecule has 1 amide bonds. The Bertz CT molecular complexity index is 950. The highest BCUT2D eigenvalue weighted by atomic mass is 35.5. The van der Waals surface area contributed by atoms with Crippen molar-refractivity contribution in [1.82, 2.24) is 15.0 Å². The van der Waals surface area contributed by atoms with Crippen LogP contribution in [-0.2, 0) is 6.54 Å². The van der Waals surface area contributed by atoms with Crippen molar-refractivity contribution >= 4 is 29.0 Å². The van der Waals surface area contributed by atoms with Crippen LogP contribution in [0.15, 0.2) is 48.8 Å². The highest BCUT2D eigenvalue weighted by molar-refractivity contribution is 6.31. The lowest BCUT2D eigenvalue weighted by Crippen LogP contribution is -2.16. The quantitative estimate of drug-likeness (QED) is 0.674.